The number of rotatable bonds is 4. The van der Waals surface area contributed by atoms with Crippen molar-refractivity contribution in [3.63, 3.8) is 0 Å². The van der Waals surface area contributed by atoms with Gasteiger partial charge in [-0.3, -0.25) is 9.59 Å². The lowest BCUT2D eigenvalue weighted by Gasteiger charge is -2.16. The second-order valence-electron chi connectivity index (χ2n) is 6.45. The molecule has 3 heterocycles. The van der Waals surface area contributed by atoms with Crippen LogP contribution in [0.2, 0.25) is 5.15 Å². The Morgan fingerprint density at radius 3 is 2.76 bits per heavy atom. The zero-order valence-electron chi connectivity index (χ0n) is 15.4. The Balaban J connectivity index is 1.63. The number of aromatic amines is 1. The number of carbonyl (C=O) groups excluding carboxylic acids is 1. The quantitative estimate of drug-likeness (QED) is 0.535. The van der Waals surface area contributed by atoms with Gasteiger partial charge in [-0.05, 0) is 42.6 Å². The maximum atomic E-state index is 13.2. The number of H-pyrrole nitrogens is 1. The molecular weight excluding hydrogens is 417 g/mol. The zero-order valence-corrected chi connectivity index (χ0v) is 17.0. The number of fused-ring (bicyclic) bond motifs is 1. The molecule has 0 aliphatic carbocycles. The fourth-order valence-corrected chi connectivity index (χ4v) is 4.06. The summed E-state index contributed by atoms with van der Waals surface area (Å²) >= 11 is 7.73. The van der Waals surface area contributed by atoms with Crippen LogP contribution in [0.25, 0.3) is 15.9 Å². The molecule has 1 amide bonds. The minimum Gasteiger partial charge on any atom is -0.334 e. The second-order valence-corrected chi connectivity index (χ2v) is 7.72. The van der Waals surface area contributed by atoms with Gasteiger partial charge in [0.2, 0.25) is 0 Å². The molecule has 0 radical (unpaired) electrons. The van der Waals surface area contributed by atoms with Crippen LogP contribution >= 0.6 is 22.9 Å². The van der Waals surface area contributed by atoms with Gasteiger partial charge in [0.05, 0.1) is 29.0 Å². The van der Waals surface area contributed by atoms with E-state index in [4.69, 9.17) is 11.6 Å². The Labute approximate surface area is 173 Å². The minimum absolute atomic E-state index is 0.0946. The first-order chi connectivity index (χ1) is 13.8. The third-order valence-electron chi connectivity index (χ3n) is 4.39. The van der Waals surface area contributed by atoms with Crippen LogP contribution in [0.4, 0.5) is 4.39 Å². The van der Waals surface area contributed by atoms with Crippen molar-refractivity contribution in [3.8, 4) is 5.69 Å². The summed E-state index contributed by atoms with van der Waals surface area (Å²) < 4.78 is 15.1. The van der Waals surface area contributed by atoms with E-state index in [-0.39, 0.29) is 34.5 Å². The van der Waals surface area contributed by atoms with Gasteiger partial charge in [0, 0.05) is 7.05 Å². The van der Waals surface area contributed by atoms with Crippen molar-refractivity contribution < 1.29 is 9.18 Å². The summed E-state index contributed by atoms with van der Waals surface area (Å²) in [6.07, 6.45) is 0. The molecule has 0 spiro atoms. The molecule has 3 aromatic heterocycles. The predicted octanol–water partition coefficient (Wildman–Crippen LogP) is 3.54. The van der Waals surface area contributed by atoms with Crippen molar-refractivity contribution in [2.24, 2.45) is 0 Å². The van der Waals surface area contributed by atoms with Crippen LogP contribution < -0.4 is 5.56 Å². The summed E-state index contributed by atoms with van der Waals surface area (Å²) in [6, 6.07) is 7.39. The molecule has 0 fully saturated rings. The molecular formula is C19H15ClFN5O2S. The first kappa shape index (κ1) is 19.3. The molecule has 29 heavy (non-hydrogen) atoms. The number of nitrogens with one attached hydrogen (secondary N) is 1. The highest BCUT2D eigenvalue weighted by molar-refractivity contribution is 7.17. The molecule has 0 bridgehead atoms. The Hall–Kier alpha value is -3.04. The Kier molecular flexibility index (Phi) is 4.93. The van der Waals surface area contributed by atoms with Crippen molar-refractivity contribution in [1.82, 2.24) is 24.6 Å². The lowest BCUT2D eigenvalue weighted by molar-refractivity contribution is 0.0781. The van der Waals surface area contributed by atoms with Crippen LogP contribution in [0.1, 0.15) is 21.9 Å². The van der Waals surface area contributed by atoms with Crippen molar-refractivity contribution in [2.75, 3.05) is 7.05 Å². The Morgan fingerprint density at radius 1 is 1.31 bits per heavy atom. The van der Waals surface area contributed by atoms with Crippen LogP contribution in [0.15, 0.2) is 40.5 Å². The maximum absolute atomic E-state index is 13.2. The summed E-state index contributed by atoms with van der Waals surface area (Å²) in [5.74, 6) is -0.376. The number of aromatic nitrogens is 4. The predicted molar refractivity (Wildman–Crippen MR) is 109 cm³/mol. The zero-order chi connectivity index (χ0) is 20.7. The molecule has 0 atom stereocenters. The van der Waals surface area contributed by atoms with Gasteiger partial charge in [-0.1, -0.05) is 11.6 Å². The number of hydrogen-bond acceptors (Lipinski definition) is 5. The number of halogens is 2. The van der Waals surface area contributed by atoms with Crippen molar-refractivity contribution >= 4 is 39.1 Å². The first-order valence-electron chi connectivity index (χ1n) is 8.58. The van der Waals surface area contributed by atoms with Crippen molar-refractivity contribution in [2.45, 2.75) is 13.5 Å². The molecule has 0 saturated heterocycles. The third kappa shape index (κ3) is 3.54. The lowest BCUT2D eigenvalue weighted by atomic mass is 10.2. The van der Waals surface area contributed by atoms with E-state index in [0.29, 0.717) is 27.4 Å². The molecule has 0 saturated carbocycles. The molecule has 7 nitrogen and oxygen atoms in total. The average Bonchev–Trinajstić information content (AvgIpc) is 3.26. The summed E-state index contributed by atoms with van der Waals surface area (Å²) in [5, 5.41) is 6.23. The lowest BCUT2D eigenvalue weighted by Crippen LogP contribution is -2.28. The number of amides is 1. The maximum Gasteiger partial charge on any atom is 0.268 e. The normalized spacial score (nSPS) is 11.2. The van der Waals surface area contributed by atoms with Gasteiger partial charge in [0.1, 0.15) is 21.5 Å². The number of carbonyl (C=O) groups is 1. The highest BCUT2D eigenvalue weighted by atomic mass is 35.5. The van der Waals surface area contributed by atoms with Crippen LogP contribution in [0.3, 0.4) is 0 Å². The topological polar surface area (TPSA) is 83.9 Å². The third-order valence-corrected chi connectivity index (χ3v) is 5.64. The smallest absolute Gasteiger partial charge is 0.268 e. The van der Waals surface area contributed by atoms with Crippen LogP contribution in [0.5, 0.6) is 0 Å². The summed E-state index contributed by atoms with van der Waals surface area (Å²) in [7, 11) is 1.59. The molecule has 4 aromatic rings. The van der Waals surface area contributed by atoms with E-state index in [1.54, 1.807) is 25.4 Å². The largest absolute Gasteiger partial charge is 0.334 e. The van der Waals surface area contributed by atoms with Crippen LogP contribution in [0, 0.1) is 12.7 Å². The number of benzene rings is 1. The molecule has 0 aliphatic rings. The molecule has 0 unspecified atom stereocenters. The van der Waals surface area contributed by atoms with Gasteiger partial charge in [-0.15, -0.1) is 11.3 Å². The fourth-order valence-electron chi connectivity index (χ4n) is 2.98. The van der Waals surface area contributed by atoms with Gasteiger partial charge in [0.15, 0.2) is 0 Å². The van der Waals surface area contributed by atoms with E-state index >= 15 is 0 Å². The number of hydrogen-bond donors (Lipinski definition) is 1. The van der Waals surface area contributed by atoms with Gasteiger partial charge in [0.25, 0.3) is 11.5 Å². The highest BCUT2D eigenvalue weighted by Crippen LogP contribution is 2.25. The SMILES string of the molecule is Cc1nn(-c2ccc(F)cc2)c(Cl)c1C(=O)N(C)Cc1nc2ccsc2c(=O)[nH]1. The van der Waals surface area contributed by atoms with E-state index in [1.807, 2.05) is 0 Å². The van der Waals surface area contributed by atoms with Crippen LogP contribution in [-0.2, 0) is 6.54 Å². The second kappa shape index (κ2) is 7.41. The number of aryl methyl sites for hydroxylation is 1. The summed E-state index contributed by atoms with van der Waals surface area (Å²) in [5.41, 5.74) is 1.56. The summed E-state index contributed by atoms with van der Waals surface area (Å²) in [4.78, 5) is 33.6. The van der Waals surface area contributed by atoms with E-state index in [1.165, 1.54) is 45.2 Å². The van der Waals surface area contributed by atoms with E-state index in [9.17, 15) is 14.0 Å². The van der Waals surface area contributed by atoms with Gasteiger partial charge in [-0.2, -0.15) is 5.10 Å². The van der Waals surface area contributed by atoms with Gasteiger partial charge in [-0.25, -0.2) is 14.1 Å². The number of thiophene rings is 1. The monoisotopic (exact) mass is 431 g/mol. The summed E-state index contributed by atoms with van der Waals surface area (Å²) in [6.45, 7) is 1.77. The van der Waals surface area contributed by atoms with E-state index < -0.39 is 0 Å². The fraction of sp³-hybridized carbons (Fsp3) is 0.158. The average molecular weight is 432 g/mol. The van der Waals surface area contributed by atoms with Gasteiger partial charge >= 0.3 is 0 Å². The molecule has 148 valence electrons. The molecule has 1 aromatic carbocycles. The van der Waals surface area contributed by atoms with Gasteiger partial charge < -0.3 is 9.88 Å². The number of nitrogens with zero attached hydrogens (tertiary/aromatic N) is 4. The highest BCUT2D eigenvalue weighted by Gasteiger charge is 2.24. The minimum atomic E-state index is -0.381. The first-order valence-corrected chi connectivity index (χ1v) is 9.84. The molecule has 1 N–H and O–H groups in total. The van der Waals surface area contributed by atoms with Crippen molar-refractivity contribution in [1.29, 1.82) is 0 Å². The van der Waals surface area contributed by atoms with Crippen LogP contribution in [-0.4, -0.2) is 37.6 Å². The Bertz CT molecular complexity index is 1280. The Morgan fingerprint density at radius 2 is 2.03 bits per heavy atom. The standard InChI is InChI=1S/C19H15ClFN5O2S/c1-10-15(17(20)26(24-10)12-5-3-11(21)4-6-12)19(28)25(2)9-14-22-13-7-8-29-16(13)18(27)23-14/h3-8H,9H2,1-2H3,(H,22,23,27). The molecule has 4 rings (SSSR count). The van der Waals surface area contributed by atoms with E-state index in [2.05, 4.69) is 15.1 Å². The van der Waals surface area contributed by atoms with Crippen molar-refractivity contribution in [3.05, 3.63) is 74.1 Å². The molecule has 0 aliphatic heterocycles. The molecule has 10 heteroatoms. The van der Waals surface area contributed by atoms with E-state index in [0.717, 1.165) is 0 Å².